The standard InChI is InChI=1S/C18H19ClN2O2/c19-17-11-13(12-21-7-9-23-10-8-21)5-6-15(17)14-3-1-2-4-16(14)18(20)22/h1-6,11H,7-10,12H2,(H2,20,22). The summed E-state index contributed by atoms with van der Waals surface area (Å²) < 4.78 is 5.36. The molecular formula is C18H19ClN2O2. The molecule has 0 saturated carbocycles. The second-order valence-electron chi connectivity index (χ2n) is 5.61. The molecule has 0 atom stereocenters. The summed E-state index contributed by atoms with van der Waals surface area (Å²) in [5.74, 6) is -0.450. The van der Waals surface area contributed by atoms with Crippen LogP contribution in [0.5, 0.6) is 0 Å². The molecule has 2 aromatic rings. The van der Waals surface area contributed by atoms with Gasteiger partial charge in [-0.3, -0.25) is 9.69 Å². The van der Waals surface area contributed by atoms with Crippen molar-refractivity contribution in [1.82, 2.24) is 4.90 Å². The Morgan fingerprint density at radius 2 is 1.87 bits per heavy atom. The number of nitrogens with two attached hydrogens (primary N) is 1. The van der Waals surface area contributed by atoms with Crippen molar-refractivity contribution in [3.05, 3.63) is 58.6 Å². The smallest absolute Gasteiger partial charge is 0.249 e. The number of carbonyl (C=O) groups excluding carboxylic acids is 1. The molecule has 1 heterocycles. The highest BCUT2D eigenvalue weighted by Crippen LogP contribution is 2.31. The number of hydrogen-bond acceptors (Lipinski definition) is 3. The fourth-order valence-corrected chi connectivity index (χ4v) is 3.13. The summed E-state index contributed by atoms with van der Waals surface area (Å²) in [6.45, 7) is 4.27. The second kappa shape index (κ2) is 7.13. The van der Waals surface area contributed by atoms with Gasteiger partial charge in [-0.25, -0.2) is 0 Å². The number of morpholine rings is 1. The maximum absolute atomic E-state index is 11.6. The Bertz CT molecular complexity index is 712. The number of benzene rings is 2. The lowest BCUT2D eigenvalue weighted by molar-refractivity contribution is 0.0342. The first-order valence-corrected chi connectivity index (χ1v) is 8.00. The van der Waals surface area contributed by atoms with Gasteiger partial charge in [0.15, 0.2) is 0 Å². The molecule has 5 heteroatoms. The van der Waals surface area contributed by atoms with Gasteiger partial charge in [0.2, 0.25) is 5.91 Å². The van der Waals surface area contributed by atoms with Crippen LogP contribution in [0, 0.1) is 0 Å². The van der Waals surface area contributed by atoms with E-state index in [0.29, 0.717) is 10.6 Å². The zero-order chi connectivity index (χ0) is 16.2. The summed E-state index contributed by atoms with van der Waals surface area (Å²) in [5.41, 5.74) is 8.68. The lowest BCUT2D eigenvalue weighted by atomic mass is 9.98. The molecule has 0 spiro atoms. The highest BCUT2D eigenvalue weighted by Gasteiger charge is 2.14. The maximum Gasteiger partial charge on any atom is 0.249 e. The Hall–Kier alpha value is -1.88. The van der Waals surface area contributed by atoms with Crippen molar-refractivity contribution >= 4 is 17.5 Å². The van der Waals surface area contributed by atoms with Crippen molar-refractivity contribution in [1.29, 1.82) is 0 Å². The van der Waals surface area contributed by atoms with E-state index in [1.807, 2.05) is 24.3 Å². The molecule has 3 rings (SSSR count). The number of hydrogen-bond donors (Lipinski definition) is 1. The lowest BCUT2D eigenvalue weighted by Gasteiger charge is -2.26. The van der Waals surface area contributed by atoms with E-state index in [0.717, 1.165) is 49.5 Å². The summed E-state index contributed by atoms with van der Waals surface area (Å²) in [5, 5.41) is 0.629. The molecule has 2 N–H and O–H groups in total. The quantitative estimate of drug-likeness (QED) is 0.937. The predicted octanol–water partition coefficient (Wildman–Crippen LogP) is 2.94. The third-order valence-electron chi connectivity index (χ3n) is 4.03. The van der Waals surface area contributed by atoms with E-state index in [1.54, 1.807) is 12.1 Å². The van der Waals surface area contributed by atoms with E-state index >= 15 is 0 Å². The van der Waals surface area contributed by atoms with Crippen LogP contribution in [0.1, 0.15) is 15.9 Å². The second-order valence-corrected chi connectivity index (χ2v) is 6.02. The van der Waals surface area contributed by atoms with Crippen LogP contribution in [0.2, 0.25) is 5.02 Å². The van der Waals surface area contributed by atoms with Gasteiger partial charge < -0.3 is 10.5 Å². The van der Waals surface area contributed by atoms with Crippen LogP contribution in [0.15, 0.2) is 42.5 Å². The first-order valence-electron chi connectivity index (χ1n) is 7.63. The number of halogens is 1. The highest BCUT2D eigenvalue weighted by molar-refractivity contribution is 6.33. The molecule has 1 saturated heterocycles. The van der Waals surface area contributed by atoms with Gasteiger partial charge in [-0.15, -0.1) is 0 Å². The van der Waals surface area contributed by atoms with Gasteiger partial charge in [-0.05, 0) is 23.3 Å². The number of nitrogens with zero attached hydrogens (tertiary/aromatic N) is 1. The van der Waals surface area contributed by atoms with Gasteiger partial charge in [-0.2, -0.15) is 0 Å². The van der Waals surface area contributed by atoms with Crippen LogP contribution in [0.25, 0.3) is 11.1 Å². The van der Waals surface area contributed by atoms with Crippen LogP contribution in [-0.2, 0) is 11.3 Å². The molecule has 0 radical (unpaired) electrons. The third-order valence-corrected chi connectivity index (χ3v) is 4.34. The van der Waals surface area contributed by atoms with Crippen LogP contribution >= 0.6 is 11.6 Å². The van der Waals surface area contributed by atoms with Crippen LogP contribution in [0.3, 0.4) is 0 Å². The summed E-state index contributed by atoms with van der Waals surface area (Å²) in [6, 6.07) is 13.2. The van der Waals surface area contributed by atoms with Crippen molar-refractivity contribution in [3.63, 3.8) is 0 Å². The molecule has 1 amide bonds. The summed E-state index contributed by atoms with van der Waals surface area (Å²) >= 11 is 6.46. The molecule has 120 valence electrons. The first kappa shape index (κ1) is 16.0. The Kier molecular flexibility index (Phi) is 4.96. The normalized spacial score (nSPS) is 15.5. The number of rotatable bonds is 4. The monoisotopic (exact) mass is 330 g/mol. The largest absolute Gasteiger partial charge is 0.379 e. The summed E-state index contributed by atoms with van der Waals surface area (Å²) in [4.78, 5) is 13.9. The van der Waals surface area contributed by atoms with Gasteiger partial charge in [-0.1, -0.05) is 41.9 Å². The molecule has 1 aliphatic rings. The van der Waals surface area contributed by atoms with E-state index in [9.17, 15) is 4.79 Å². The minimum Gasteiger partial charge on any atom is -0.379 e. The van der Waals surface area contributed by atoms with Crippen LogP contribution < -0.4 is 5.73 Å². The van der Waals surface area contributed by atoms with Gasteiger partial charge in [0.25, 0.3) is 0 Å². The minimum absolute atomic E-state index is 0.450. The van der Waals surface area contributed by atoms with Gasteiger partial charge in [0.1, 0.15) is 0 Å². The van der Waals surface area contributed by atoms with Crippen LogP contribution in [0.4, 0.5) is 0 Å². The minimum atomic E-state index is -0.450. The van der Waals surface area contributed by atoms with Gasteiger partial charge in [0.05, 0.1) is 13.2 Å². The number of primary amides is 1. The molecule has 0 aromatic heterocycles. The number of ether oxygens (including phenoxy) is 1. The predicted molar refractivity (Wildman–Crippen MR) is 91.5 cm³/mol. The maximum atomic E-state index is 11.6. The molecule has 0 unspecified atom stereocenters. The fourth-order valence-electron chi connectivity index (χ4n) is 2.83. The fraction of sp³-hybridized carbons (Fsp3) is 0.278. The molecule has 4 nitrogen and oxygen atoms in total. The Balaban J connectivity index is 1.86. The van der Waals surface area contributed by atoms with Crippen molar-refractivity contribution in [3.8, 4) is 11.1 Å². The van der Waals surface area contributed by atoms with E-state index in [-0.39, 0.29) is 0 Å². The zero-order valence-corrected chi connectivity index (χ0v) is 13.6. The molecular weight excluding hydrogens is 312 g/mol. The molecule has 0 aliphatic carbocycles. The Labute approximate surface area is 140 Å². The topological polar surface area (TPSA) is 55.6 Å². The zero-order valence-electron chi connectivity index (χ0n) is 12.8. The van der Waals surface area contributed by atoms with E-state index in [4.69, 9.17) is 22.1 Å². The van der Waals surface area contributed by atoms with Gasteiger partial charge >= 0.3 is 0 Å². The average Bonchev–Trinajstić information content (AvgIpc) is 2.56. The third kappa shape index (κ3) is 3.72. The van der Waals surface area contributed by atoms with E-state index < -0.39 is 5.91 Å². The highest BCUT2D eigenvalue weighted by atomic mass is 35.5. The van der Waals surface area contributed by atoms with Gasteiger partial charge in [0, 0.05) is 35.8 Å². The van der Waals surface area contributed by atoms with Crippen molar-refractivity contribution in [2.75, 3.05) is 26.3 Å². The van der Waals surface area contributed by atoms with Crippen molar-refractivity contribution in [2.24, 2.45) is 5.73 Å². The van der Waals surface area contributed by atoms with Crippen LogP contribution in [-0.4, -0.2) is 37.1 Å². The Morgan fingerprint density at radius 1 is 1.13 bits per heavy atom. The molecule has 1 aliphatic heterocycles. The lowest BCUT2D eigenvalue weighted by Crippen LogP contribution is -2.35. The Morgan fingerprint density at radius 3 is 2.57 bits per heavy atom. The summed E-state index contributed by atoms with van der Waals surface area (Å²) in [7, 11) is 0. The first-order chi connectivity index (χ1) is 11.1. The molecule has 1 fully saturated rings. The molecule has 2 aromatic carbocycles. The number of amides is 1. The van der Waals surface area contributed by atoms with Crippen molar-refractivity contribution in [2.45, 2.75) is 6.54 Å². The SMILES string of the molecule is NC(=O)c1ccccc1-c1ccc(CN2CCOCC2)cc1Cl. The van der Waals surface area contributed by atoms with E-state index in [1.165, 1.54) is 0 Å². The summed E-state index contributed by atoms with van der Waals surface area (Å²) in [6.07, 6.45) is 0. The molecule has 0 bridgehead atoms. The average molecular weight is 331 g/mol. The van der Waals surface area contributed by atoms with Crippen molar-refractivity contribution < 1.29 is 9.53 Å². The number of carbonyl (C=O) groups is 1. The van der Waals surface area contributed by atoms with E-state index in [2.05, 4.69) is 11.0 Å². The molecule has 23 heavy (non-hydrogen) atoms.